The zero-order chi connectivity index (χ0) is 46.9. The molecule has 0 aromatic carbocycles. The number of hydrogen-bond acceptors (Lipinski definition) is 12. The molecule has 0 saturated carbocycles. The van der Waals surface area contributed by atoms with Gasteiger partial charge in [-0.15, -0.1) is 0 Å². The Morgan fingerprint density at radius 1 is 0.484 bits per heavy atom. The summed E-state index contributed by atoms with van der Waals surface area (Å²) in [5, 5.41) is 35.1. The molecule has 3 unspecified atom stereocenters. The SMILES string of the molecule is CNCCCC[C@@H]1NC(=O)[C@@H](C)NC(=O)[C@H](CCCCNC)NC(=O)[C@@H](CCCCNC(=O)CCCCC2SCC3NC(=O)NC32)NC(=O)[C@H](CCCCNC)NC(=O)[C@@H](C)NC1=O. The van der Waals surface area contributed by atoms with Gasteiger partial charge in [0.05, 0.1) is 12.1 Å². The number of thioether (sulfide) groups is 1. The van der Waals surface area contributed by atoms with E-state index in [1.807, 2.05) is 32.9 Å². The van der Waals surface area contributed by atoms with E-state index in [1.54, 1.807) is 0 Å². The highest BCUT2D eigenvalue weighted by Crippen LogP contribution is 2.33. The van der Waals surface area contributed by atoms with Gasteiger partial charge in [0.2, 0.25) is 41.4 Å². The molecule has 64 heavy (non-hydrogen) atoms. The molecule has 9 amide bonds. The van der Waals surface area contributed by atoms with E-state index in [1.165, 1.54) is 13.8 Å². The fourth-order valence-electron chi connectivity index (χ4n) is 7.99. The van der Waals surface area contributed by atoms with Crippen LogP contribution in [0.2, 0.25) is 0 Å². The Morgan fingerprint density at radius 2 is 0.875 bits per heavy atom. The normalized spacial score (nSPS) is 27.1. The predicted molar refractivity (Wildman–Crippen MR) is 247 cm³/mol. The molecule has 0 bridgehead atoms. The molecule has 20 nitrogen and oxygen atoms in total. The lowest BCUT2D eigenvalue weighted by atomic mass is 10.0. The summed E-state index contributed by atoms with van der Waals surface area (Å²) in [6.45, 7) is 5.43. The molecule has 0 radical (unpaired) electrons. The minimum atomic E-state index is -1.10. The Labute approximate surface area is 383 Å². The van der Waals surface area contributed by atoms with Crippen LogP contribution in [0.25, 0.3) is 0 Å². The molecule has 0 aromatic heterocycles. The number of rotatable bonds is 25. The van der Waals surface area contributed by atoms with Crippen molar-refractivity contribution in [1.29, 1.82) is 0 Å². The van der Waals surface area contributed by atoms with E-state index in [4.69, 9.17) is 0 Å². The van der Waals surface area contributed by atoms with Gasteiger partial charge in [0.15, 0.2) is 0 Å². The molecule has 0 spiro atoms. The maximum Gasteiger partial charge on any atom is 0.315 e. The fraction of sp³-hybridized carbons (Fsp3) is 0.814. The quantitative estimate of drug-likeness (QED) is 0.0394. The third kappa shape index (κ3) is 19.5. The minimum absolute atomic E-state index is 0.0765. The predicted octanol–water partition coefficient (Wildman–Crippen LogP) is -0.870. The number of urea groups is 1. The highest BCUT2D eigenvalue weighted by Gasteiger charge is 2.42. The first kappa shape index (κ1) is 54.1. The molecule has 3 heterocycles. The Morgan fingerprint density at radius 3 is 1.31 bits per heavy atom. The summed E-state index contributed by atoms with van der Waals surface area (Å²) < 4.78 is 0. The monoisotopic (exact) mass is 923 g/mol. The van der Waals surface area contributed by atoms with Crippen LogP contribution in [0.15, 0.2) is 0 Å². The molecule has 0 aliphatic carbocycles. The number of hydrogen-bond donors (Lipinski definition) is 12. The third-order valence-corrected chi connectivity index (χ3v) is 13.4. The van der Waals surface area contributed by atoms with Crippen LogP contribution in [0, 0.1) is 0 Å². The molecule has 9 atom stereocenters. The summed E-state index contributed by atoms with van der Waals surface area (Å²) in [5.74, 6) is -2.72. The zero-order valence-corrected chi connectivity index (χ0v) is 39.5. The van der Waals surface area contributed by atoms with Crippen molar-refractivity contribution in [3.63, 3.8) is 0 Å². The van der Waals surface area contributed by atoms with Crippen molar-refractivity contribution >= 4 is 59.1 Å². The number of carbonyl (C=O) groups is 8. The maximum absolute atomic E-state index is 14.1. The van der Waals surface area contributed by atoms with E-state index < -0.39 is 71.7 Å². The first-order valence-corrected chi connectivity index (χ1v) is 24.5. The Bertz CT molecular complexity index is 1520. The molecular formula is C43H78N12O8S. The van der Waals surface area contributed by atoms with E-state index >= 15 is 0 Å². The average molecular weight is 923 g/mol. The third-order valence-electron chi connectivity index (χ3n) is 11.9. The van der Waals surface area contributed by atoms with Crippen molar-refractivity contribution in [1.82, 2.24) is 63.8 Å². The molecular weight excluding hydrogens is 845 g/mol. The van der Waals surface area contributed by atoms with Crippen LogP contribution in [0.1, 0.15) is 117 Å². The molecule has 3 fully saturated rings. The topological polar surface area (TPSA) is 281 Å². The summed E-state index contributed by atoms with van der Waals surface area (Å²) in [7, 11) is 5.45. The molecule has 12 N–H and O–H groups in total. The second-order valence-corrected chi connectivity index (χ2v) is 18.5. The summed E-state index contributed by atoms with van der Waals surface area (Å²) in [6.07, 6.45) is 8.70. The Kier molecular flexibility index (Phi) is 25.4. The van der Waals surface area contributed by atoms with Gasteiger partial charge in [0, 0.05) is 24.0 Å². The first-order valence-electron chi connectivity index (χ1n) is 23.5. The van der Waals surface area contributed by atoms with Crippen LogP contribution in [0.3, 0.4) is 0 Å². The van der Waals surface area contributed by atoms with E-state index in [9.17, 15) is 38.4 Å². The largest absolute Gasteiger partial charge is 0.356 e. The van der Waals surface area contributed by atoms with E-state index in [-0.39, 0.29) is 49.7 Å². The van der Waals surface area contributed by atoms with Crippen molar-refractivity contribution < 1.29 is 38.4 Å². The van der Waals surface area contributed by atoms with Gasteiger partial charge in [-0.3, -0.25) is 33.6 Å². The highest BCUT2D eigenvalue weighted by molar-refractivity contribution is 8.00. The number of fused-ring (bicyclic) bond motifs is 1. The van der Waals surface area contributed by atoms with Crippen molar-refractivity contribution in [3.8, 4) is 0 Å². The van der Waals surface area contributed by atoms with Crippen molar-refractivity contribution in [2.75, 3.05) is 53.1 Å². The lowest BCUT2D eigenvalue weighted by Crippen LogP contribution is -2.60. The lowest BCUT2D eigenvalue weighted by molar-refractivity contribution is -0.136. The van der Waals surface area contributed by atoms with Crippen molar-refractivity contribution in [3.05, 3.63) is 0 Å². The molecule has 3 saturated heterocycles. The Balaban J connectivity index is 1.73. The van der Waals surface area contributed by atoms with Crippen LogP contribution in [-0.4, -0.2) is 154 Å². The standard InChI is InChI=1S/C43H78N12O8S/c1-27-37(57)50-29(16-8-12-22-44-3)39(59)48-28(2)38(58)51-31(18-10-14-24-46-5)41(61)53-32(42(62)52-30(40(60)49-27)17-9-13-23-45-4)19-11-15-25-47-35(56)21-7-6-20-34-36-33(26-64-34)54-43(63)55-36/h27-34,36,44-46H,6-26H2,1-5H3,(H,47,56)(H,48,59)(H,49,60)(H,50,57)(H,51,58)(H,52,62)(H,53,61)(H2,54,55,63)/t27-,28-,29+,30+,31+,32-,33?,34?,36?/m1/s1. The first-order chi connectivity index (χ1) is 30.8. The van der Waals surface area contributed by atoms with Gasteiger partial charge < -0.3 is 63.8 Å². The Hall–Kier alpha value is -4.21. The van der Waals surface area contributed by atoms with Crippen LogP contribution in [0.5, 0.6) is 0 Å². The number of unbranched alkanes of at least 4 members (excludes halogenated alkanes) is 5. The summed E-state index contributed by atoms with van der Waals surface area (Å²) in [6, 6.07) is -6.14. The molecule has 0 aromatic rings. The van der Waals surface area contributed by atoms with Crippen molar-refractivity contribution in [2.24, 2.45) is 0 Å². The maximum atomic E-state index is 14.1. The second-order valence-electron chi connectivity index (χ2n) is 17.2. The van der Waals surface area contributed by atoms with Crippen LogP contribution < -0.4 is 63.8 Å². The van der Waals surface area contributed by atoms with Gasteiger partial charge in [0.1, 0.15) is 36.3 Å². The number of amides is 9. The smallest absolute Gasteiger partial charge is 0.315 e. The fourth-order valence-corrected chi connectivity index (χ4v) is 9.53. The highest BCUT2D eigenvalue weighted by atomic mass is 32.2. The van der Waals surface area contributed by atoms with E-state index in [2.05, 4.69) is 63.8 Å². The van der Waals surface area contributed by atoms with Gasteiger partial charge in [-0.05, 0) is 145 Å². The summed E-state index contributed by atoms with van der Waals surface area (Å²) >= 11 is 1.85. The van der Waals surface area contributed by atoms with Crippen LogP contribution in [0.4, 0.5) is 4.79 Å². The average Bonchev–Trinajstić information content (AvgIpc) is 3.82. The van der Waals surface area contributed by atoms with E-state index in [0.717, 1.165) is 31.4 Å². The van der Waals surface area contributed by atoms with Gasteiger partial charge in [0.25, 0.3) is 0 Å². The van der Waals surface area contributed by atoms with Crippen LogP contribution in [-0.2, 0) is 33.6 Å². The summed E-state index contributed by atoms with van der Waals surface area (Å²) in [5.41, 5.74) is 0. The molecule has 364 valence electrons. The van der Waals surface area contributed by atoms with Gasteiger partial charge in [-0.2, -0.15) is 11.8 Å². The molecule has 3 aliphatic heterocycles. The van der Waals surface area contributed by atoms with Gasteiger partial charge >= 0.3 is 6.03 Å². The van der Waals surface area contributed by atoms with Crippen molar-refractivity contribution in [2.45, 2.75) is 170 Å². The lowest BCUT2D eigenvalue weighted by Gasteiger charge is -2.28. The number of nitrogens with one attached hydrogen (secondary N) is 12. The number of carbonyl (C=O) groups excluding carboxylic acids is 8. The zero-order valence-electron chi connectivity index (χ0n) is 38.7. The summed E-state index contributed by atoms with van der Waals surface area (Å²) in [4.78, 5) is 107. The van der Waals surface area contributed by atoms with Crippen LogP contribution >= 0.6 is 11.8 Å². The van der Waals surface area contributed by atoms with Gasteiger partial charge in [-0.25, -0.2) is 4.79 Å². The molecule has 3 rings (SSSR count). The second kappa shape index (κ2) is 30.1. The minimum Gasteiger partial charge on any atom is -0.356 e. The molecule has 21 heteroatoms. The van der Waals surface area contributed by atoms with E-state index in [0.29, 0.717) is 82.8 Å². The molecule has 3 aliphatic rings. The van der Waals surface area contributed by atoms with Gasteiger partial charge in [-0.1, -0.05) is 6.42 Å².